The van der Waals surface area contributed by atoms with E-state index in [1.165, 1.54) is 27.2 Å². The second kappa shape index (κ2) is 12.3. The molecule has 2 amide bonds. The number of terminal acetylenes is 1. The Hall–Kier alpha value is -5.23. The van der Waals surface area contributed by atoms with E-state index in [1.807, 2.05) is 42.5 Å². The molecular formula is C34H32N2O7. The molecule has 43 heavy (non-hydrogen) atoms. The highest BCUT2D eigenvalue weighted by Gasteiger charge is 2.31. The van der Waals surface area contributed by atoms with Gasteiger partial charge < -0.3 is 29.3 Å². The summed E-state index contributed by atoms with van der Waals surface area (Å²) in [5, 5.41) is 6.18. The molecule has 5 rings (SSSR count). The van der Waals surface area contributed by atoms with Crippen LogP contribution in [0.2, 0.25) is 0 Å². The van der Waals surface area contributed by atoms with Crippen molar-refractivity contribution >= 4 is 22.8 Å². The lowest BCUT2D eigenvalue weighted by molar-refractivity contribution is -0.120. The Bertz CT molecular complexity index is 1820. The molecule has 0 aliphatic heterocycles. The van der Waals surface area contributed by atoms with Crippen molar-refractivity contribution in [2.45, 2.75) is 32.2 Å². The van der Waals surface area contributed by atoms with Crippen molar-refractivity contribution in [3.63, 3.8) is 0 Å². The SMILES string of the molecule is C#CCNC(=O)Cc1c(-c2ccccc2)oc2c(=O)cc3c(cc12)-c1c(cc(OC)c(OC)c1OC)CC[C@@H]3NC(C)=O. The molecule has 4 aromatic rings. The number of fused-ring (bicyclic) bond motifs is 4. The topological polar surface area (TPSA) is 116 Å². The summed E-state index contributed by atoms with van der Waals surface area (Å²) in [6, 6.07) is 14.0. The average Bonchev–Trinajstić information content (AvgIpc) is 3.21. The first-order valence-corrected chi connectivity index (χ1v) is 13.8. The summed E-state index contributed by atoms with van der Waals surface area (Å²) < 4.78 is 23.5. The van der Waals surface area contributed by atoms with Crippen LogP contribution >= 0.6 is 0 Å². The molecule has 0 fully saturated rings. The van der Waals surface area contributed by atoms with Crippen LogP contribution in [0.25, 0.3) is 33.4 Å². The van der Waals surface area contributed by atoms with Gasteiger partial charge in [0.25, 0.3) is 0 Å². The van der Waals surface area contributed by atoms with Crippen molar-refractivity contribution < 1.29 is 28.2 Å². The predicted molar refractivity (Wildman–Crippen MR) is 163 cm³/mol. The number of hydrogen-bond acceptors (Lipinski definition) is 7. The fourth-order valence-corrected chi connectivity index (χ4v) is 5.75. The first-order chi connectivity index (χ1) is 20.8. The van der Waals surface area contributed by atoms with E-state index < -0.39 is 6.04 Å². The van der Waals surface area contributed by atoms with Crippen molar-refractivity contribution in [1.82, 2.24) is 10.6 Å². The standard InChI is InChI=1S/C34H32N2O7/c1-6-14-35-29(39)18-25-24-16-23-22(17-27(38)32(24)43-31(25)20-10-8-7-9-11-20)26(36-19(2)37)13-12-21-15-28(40-3)33(41-4)34(42-5)30(21)23/h1,7-11,15-17,26H,12-14,18H2,2-5H3,(H,35,39)(H,36,37)/t26-/m0/s1. The largest absolute Gasteiger partial charge is 0.493 e. The summed E-state index contributed by atoms with van der Waals surface area (Å²) in [5.74, 6) is 3.59. The maximum atomic E-state index is 13.9. The fraction of sp³-hybridized carbons (Fsp3) is 0.265. The third-order valence-electron chi connectivity index (χ3n) is 7.56. The molecule has 1 heterocycles. The van der Waals surface area contributed by atoms with Crippen molar-refractivity contribution in [3.05, 3.63) is 75.4 Å². The van der Waals surface area contributed by atoms with Crippen molar-refractivity contribution in [2.24, 2.45) is 0 Å². The van der Waals surface area contributed by atoms with Crippen LogP contribution in [0.4, 0.5) is 0 Å². The van der Waals surface area contributed by atoms with Gasteiger partial charge in [-0.3, -0.25) is 14.4 Å². The third kappa shape index (κ3) is 5.52. The zero-order chi connectivity index (χ0) is 30.7. The van der Waals surface area contributed by atoms with Crippen LogP contribution in [0.1, 0.15) is 36.1 Å². The summed E-state index contributed by atoms with van der Waals surface area (Å²) in [5.41, 5.74) is 3.78. The molecule has 2 N–H and O–H groups in total. The Balaban J connectivity index is 1.91. The number of aryl methyl sites for hydroxylation is 1. The molecule has 9 nitrogen and oxygen atoms in total. The molecule has 1 aromatic heterocycles. The summed E-state index contributed by atoms with van der Waals surface area (Å²) in [7, 11) is 4.62. The number of rotatable bonds is 8. The van der Waals surface area contributed by atoms with Crippen LogP contribution < -0.4 is 30.3 Å². The lowest BCUT2D eigenvalue weighted by Gasteiger charge is -2.20. The van der Waals surface area contributed by atoms with Gasteiger partial charge in [0.05, 0.1) is 40.3 Å². The van der Waals surface area contributed by atoms with Crippen LogP contribution in [0, 0.1) is 12.3 Å². The van der Waals surface area contributed by atoms with Gasteiger partial charge in [-0.2, -0.15) is 0 Å². The number of carbonyl (C=O) groups excluding carboxylic acids is 2. The van der Waals surface area contributed by atoms with E-state index in [2.05, 4.69) is 16.6 Å². The van der Waals surface area contributed by atoms with E-state index in [-0.39, 0.29) is 35.8 Å². The Kier molecular flexibility index (Phi) is 8.39. The summed E-state index contributed by atoms with van der Waals surface area (Å²) in [6.07, 6.45) is 6.35. The molecule has 0 unspecified atom stereocenters. The lowest BCUT2D eigenvalue weighted by atomic mass is 9.94. The van der Waals surface area contributed by atoms with E-state index in [0.29, 0.717) is 69.1 Å². The molecule has 9 heteroatoms. The molecule has 1 aliphatic carbocycles. The number of hydrogen-bond donors (Lipinski definition) is 2. The number of benzene rings is 2. The van der Waals surface area contributed by atoms with Gasteiger partial charge in [0.2, 0.25) is 23.0 Å². The van der Waals surface area contributed by atoms with Gasteiger partial charge in [0.15, 0.2) is 17.1 Å². The van der Waals surface area contributed by atoms with E-state index in [9.17, 15) is 14.4 Å². The maximum Gasteiger partial charge on any atom is 0.225 e. The summed E-state index contributed by atoms with van der Waals surface area (Å²) in [4.78, 5) is 39.2. The van der Waals surface area contributed by atoms with Crippen molar-refractivity contribution in [2.75, 3.05) is 27.9 Å². The number of methoxy groups -OCH3 is 3. The van der Waals surface area contributed by atoms with Crippen molar-refractivity contribution in [1.29, 1.82) is 0 Å². The van der Waals surface area contributed by atoms with Crippen LogP contribution in [-0.2, 0) is 22.4 Å². The Labute approximate surface area is 249 Å². The van der Waals surface area contributed by atoms with Crippen LogP contribution in [0.15, 0.2) is 57.7 Å². The van der Waals surface area contributed by atoms with E-state index in [1.54, 1.807) is 7.11 Å². The molecule has 0 saturated carbocycles. The minimum atomic E-state index is -0.484. The minimum Gasteiger partial charge on any atom is -0.493 e. The van der Waals surface area contributed by atoms with Crippen LogP contribution in [0.3, 0.4) is 0 Å². The highest BCUT2D eigenvalue weighted by Crippen LogP contribution is 2.51. The lowest BCUT2D eigenvalue weighted by Crippen LogP contribution is -2.26. The molecule has 0 spiro atoms. The predicted octanol–water partition coefficient (Wildman–Crippen LogP) is 4.57. The number of amides is 2. The molecule has 1 aliphatic rings. The minimum absolute atomic E-state index is 0.0653. The molecule has 0 bridgehead atoms. The number of carbonyl (C=O) groups is 2. The zero-order valence-corrected chi connectivity index (χ0v) is 24.5. The molecule has 3 aromatic carbocycles. The molecule has 1 atom stereocenters. The van der Waals surface area contributed by atoms with Gasteiger partial charge in [-0.25, -0.2) is 0 Å². The van der Waals surface area contributed by atoms with Crippen LogP contribution in [-0.4, -0.2) is 39.7 Å². The van der Waals surface area contributed by atoms with E-state index in [0.717, 1.165) is 5.56 Å². The smallest absolute Gasteiger partial charge is 0.225 e. The van der Waals surface area contributed by atoms with E-state index in [4.69, 9.17) is 25.1 Å². The maximum absolute atomic E-state index is 13.9. The third-order valence-corrected chi connectivity index (χ3v) is 7.56. The van der Waals surface area contributed by atoms with Gasteiger partial charge in [-0.1, -0.05) is 36.3 Å². The first kappa shape index (κ1) is 29.3. The zero-order valence-electron chi connectivity index (χ0n) is 24.5. The van der Waals surface area contributed by atoms with Gasteiger partial charge in [0.1, 0.15) is 5.76 Å². The fourth-order valence-electron chi connectivity index (χ4n) is 5.75. The second-order valence-corrected chi connectivity index (χ2v) is 10.2. The van der Waals surface area contributed by atoms with Gasteiger partial charge in [-0.15, -0.1) is 6.42 Å². The Morgan fingerprint density at radius 3 is 2.44 bits per heavy atom. The number of nitrogens with one attached hydrogen (secondary N) is 2. The highest BCUT2D eigenvalue weighted by atomic mass is 16.5. The summed E-state index contributed by atoms with van der Waals surface area (Å²) in [6.45, 7) is 1.51. The average molecular weight is 581 g/mol. The molecular weight excluding hydrogens is 548 g/mol. The molecule has 220 valence electrons. The van der Waals surface area contributed by atoms with E-state index >= 15 is 0 Å². The Morgan fingerprint density at radius 2 is 1.79 bits per heavy atom. The quantitative estimate of drug-likeness (QED) is 0.294. The number of ether oxygens (including phenoxy) is 3. The monoisotopic (exact) mass is 580 g/mol. The molecule has 0 saturated heterocycles. The number of furan rings is 1. The summed E-state index contributed by atoms with van der Waals surface area (Å²) >= 11 is 0. The second-order valence-electron chi connectivity index (χ2n) is 10.2. The van der Waals surface area contributed by atoms with Crippen molar-refractivity contribution in [3.8, 4) is 52.0 Å². The van der Waals surface area contributed by atoms with Crippen LogP contribution in [0.5, 0.6) is 17.2 Å². The normalized spacial score (nSPS) is 13.6. The van der Waals surface area contributed by atoms with Gasteiger partial charge >= 0.3 is 0 Å². The van der Waals surface area contributed by atoms with Gasteiger partial charge in [0, 0.05) is 29.0 Å². The highest BCUT2D eigenvalue weighted by molar-refractivity contribution is 5.96. The van der Waals surface area contributed by atoms with Gasteiger partial charge in [-0.05, 0) is 47.7 Å². The first-order valence-electron chi connectivity index (χ1n) is 13.8. The Morgan fingerprint density at radius 1 is 1.05 bits per heavy atom. The molecule has 0 radical (unpaired) electrons.